The molecule has 0 fully saturated rings. The standard InChI is InChI=1S/C31H27N3/c1-24-13-8-9-20-29(24)25-14-12-15-26(23-25)32-33-30-21-10-11-22-31(30)34(27-16-4-2-5-17-27)28-18-6-3-7-19-28/h2-23,32-33H,1H3. The third kappa shape index (κ3) is 4.64. The second-order valence-electron chi connectivity index (χ2n) is 8.17. The van der Waals surface area contributed by atoms with Gasteiger partial charge in [0.2, 0.25) is 0 Å². The molecule has 0 unspecified atom stereocenters. The van der Waals surface area contributed by atoms with E-state index >= 15 is 0 Å². The number of anilines is 5. The molecule has 3 nitrogen and oxygen atoms in total. The molecule has 5 aromatic carbocycles. The van der Waals surface area contributed by atoms with Gasteiger partial charge in [0.25, 0.3) is 0 Å². The van der Waals surface area contributed by atoms with Gasteiger partial charge in [-0.05, 0) is 72.1 Å². The first-order valence-corrected chi connectivity index (χ1v) is 11.5. The average Bonchev–Trinajstić information content (AvgIpc) is 2.90. The van der Waals surface area contributed by atoms with Gasteiger partial charge >= 0.3 is 0 Å². The molecule has 2 N–H and O–H groups in total. The maximum atomic E-state index is 3.45. The van der Waals surface area contributed by atoms with Crippen molar-refractivity contribution in [3.63, 3.8) is 0 Å². The largest absolute Gasteiger partial charge is 0.308 e. The number of nitrogens with one attached hydrogen (secondary N) is 2. The Hall–Kier alpha value is -4.50. The Balaban J connectivity index is 1.46. The van der Waals surface area contributed by atoms with Gasteiger partial charge in [-0.3, -0.25) is 5.43 Å². The second-order valence-corrected chi connectivity index (χ2v) is 8.17. The van der Waals surface area contributed by atoms with Gasteiger partial charge in [0.05, 0.1) is 17.1 Å². The number of hydrogen-bond donors (Lipinski definition) is 2. The number of nitrogens with zero attached hydrogens (tertiary/aromatic N) is 1. The fraction of sp³-hybridized carbons (Fsp3) is 0.0323. The number of benzene rings is 5. The Kier molecular flexibility index (Phi) is 6.26. The van der Waals surface area contributed by atoms with Gasteiger partial charge < -0.3 is 10.3 Å². The molecule has 0 saturated heterocycles. The normalized spacial score (nSPS) is 10.5. The Morgan fingerprint density at radius 1 is 0.529 bits per heavy atom. The van der Waals surface area contributed by atoms with Crippen molar-refractivity contribution < 1.29 is 0 Å². The van der Waals surface area contributed by atoms with Gasteiger partial charge in [-0.2, -0.15) is 0 Å². The van der Waals surface area contributed by atoms with Crippen LogP contribution >= 0.6 is 0 Å². The lowest BCUT2D eigenvalue weighted by atomic mass is 10.0. The zero-order valence-electron chi connectivity index (χ0n) is 19.1. The van der Waals surface area contributed by atoms with E-state index in [1.54, 1.807) is 0 Å². The lowest BCUT2D eigenvalue weighted by Gasteiger charge is -2.28. The summed E-state index contributed by atoms with van der Waals surface area (Å²) >= 11 is 0. The van der Waals surface area contributed by atoms with E-state index in [-0.39, 0.29) is 0 Å². The number of aryl methyl sites for hydroxylation is 1. The molecule has 0 radical (unpaired) electrons. The Labute approximate surface area is 201 Å². The summed E-state index contributed by atoms with van der Waals surface area (Å²) in [7, 11) is 0. The van der Waals surface area contributed by atoms with Crippen LogP contribution in [0.3, 0.4) is 0 Å². The lowest BCUT2D eigenvalue weighted by molar-refractivity contribution is 1.27. The van der Waals surface area contributed by atoms with Crippen LogP contribution in [0.25, 0.3) is 11.1 Å². The van der Waals surface area contributed by atoms with Crippen LogP contribution in [0.1, 0.15) is 5.56 Å². The van der Waals surface area contributed by atoms with Crippen LogP contribution in [0.2, 0.25) is 0 Å². The first-order chi connectivity index (χ1) is 16.8. The molecule has 34 heavy (non-hydrogen) atoms. The molecule has 0 saturated carbocycles. The predicted octanol–water partition coefficient (Wildman–Crippen LogP) is 8.57. The number of hydrazine groups is 1. The minimum atomic E-state index is 0.983. The quantitative estimate of drug-likeness (QED) is 0.248. The van der Waals surface area contributed by atoms with Crippen molar-refractivity contribution in [2.24, 2.45) is 0 Å². The van der Waals surface area contributed by atoms with E-state index in [0.717, 1.165) is 28.4 Å². The first-order valence-electron chi connectivity index (χ1n) is 11.5. The first kappa shape index (κ1) is 21.4. The van der Waals surface area contributed by atoms with Gasteiger partial charge in [-0.1, -0.05) is 84.9 Å². The SMILES string of the molecule is Cc1ccccc1-c1cccc(NNc2ccccc2N(c2ccccc2)c2ccccc2)c1. The molecule has 0 aliphatic carbocycles. The molecule has 3 heteroatoms. The Morgan fingerprint density at radius 3 is 1.85 bits per heavy atom. The highest BCUT2D eigenvalue weighted by Gasteiger charge is 2.15. The molecule has 0 heterocycles. The predicted molar refractivity (Wildman–Crippen MR) is 145 cm³/mol. The van der Waals surface area contributed by atoms with E-state index in [4.69, 9.17) is 0 Å². The highest BCUT2D eigenvalue weighted by atomic mass is 15.4. The molecular weight excluding hydrogens is 414 g/mol. The maximum absolute atomic E-state index is 3.45. The average molecular weight is 442 g/mol. The third-order valence-electron chi connectivity index (χ3n) is 5.83. The molecule has 0 bridgehead atoms. The summed E-state index contributed by atoms with van der Waals surface area (Å²) in [5, 5.41) is 0. The summed E-state index contributed by atoms with van der Waals surface area (Å²) in [6, 6.07) is 46.1. The van der Waals surface area contributed by atoms with Gasteiger partial charge in [0, 0.05) is 11.4 Å². The zero-order valence-corrected chi connectivity index (χ0v) is 19.1. The molecule has 0 spiro atoms. The van der Waals surface area contributed by atoms with Crippen LogP contribution < -0.4 is 15.8 Å². The number of para-hydroxylation sites is 4. The van der Waals surface area contributed by atoms with Crippen molar-refractivity contribution in [3.8, 4) is 11.1 Å². The highest BCUT2D eigenvalue weighted by Crippen LogP contribution is 2.38. The summed E-state index contributed by atoms with van der Waals surface area (Å²) < 4.78 is 0. The van der Waals surface area contributed by atoms with Crippen LogP contribution in [0.4, 0.5) is 28.4 Å². The maximum Gasteiger partial charge on any atom is 0.0780 e. The summed E-state index contributed by atoms with van der Waals surface area (Å²) in [6.07, 6.45) is 0. The summed E-state index contributed by atoms with van der Waals surface area (Å²) in [4.78, 5) is 2.26. The molecule has 0 amide bonds. The van der Waals surface area contributed by atoms with Crippen LogP contribution in [0.5, 0.6) is 0 Å². The van der Waals surface area contributed by atoms with Crippen molar-refractivity contribution in [2.45, 2.75) is 6.92 Å². The van der Waals surface area contributed by atoms with Crippen LogP contribution in [-0.2, 0) is 0 Å². The van der Waals surface area contributed by atoms with Gasteiger partial charge in [-0.15, -0.1) is 0 Å². The van der Waals surface area contributed by atoms with Crippen molar-refractivity contribution in [2.75, 3.05) is 15.8 Å². The summed E-state index contributed by atoms with van der Waals surface area (Å²) in [6.45, 7) is 2.14. The van der Waals surface area contributed by atoms with E-state index in [1.807, 2.05) is 18.2 Å². The Bertz CT molecular complexity index is 1320. The fourth-order valence-corrected chi connectivity index (χ4v) is 4.16. The van der Waals surface area contributed by atoms with Gasteiger partial charge in [0.1, 0.15) is 0 Å². The smallest absolute Gasteiger partial charge is 0.0780 e. The molecule has 5 rings (SSSR count). The third-order valence-corrected chi connectivity index (χ3v) is 5.83. The minimum Gasteiger partial charge on any atom is -0.308 e. The topological polar surface area (TPSA) is 27.3 Å². The second kappa shape index (κ2) is 9.97. The molecule has 0 aromatic heterocycles. The lowest BCUT2D eigenvalue weighted by Crippen LogP contribution is -2.15. The molecule has 0 aliphatic heterocycles. The summed E-state index contributed by atoms with van der Waals surface area (Å²) in [5.74, 6) is 0. The van der Waals surface area contributed by atoms with E-state index in [9.17, 15) is 0 Å². The van der Waals surface area contributed by atoms with Crippen LogP contribution in [0, 0.1) is 6.92 Å². The molecule has 5 aromatic rings. The monoisotopic (exact) mass is 441 g/mol. The van der Waals surface area contributed by atoms with E-state index in [2.05, 4.69) is 138 Å². The van der Waals surface area contributed by atoms with Gasteiger partial charge in [0.15, 0.2) is 0 Å². The van der Waals surface area contributed by atoms with E-state index < -0.39 is 0 Å². The Morgan fingerprint density at radius 2 is 1.15 bits per heavy atom. The van der Waals surface area contributed by atoms with Crippen LogP contribution in [-0.4, -0.2) is 0 Å². The zero-order chi connectivity index (χ0) is 23.2. The van der Waals surface area contributed by atoms with E-state index in [0.29, 0.717) is 0 Å². The van der Waals surface area contributed by atoms with Crippen molar-refractivity contribution in [3.05, 3.63) is 139 Å². The molecule has 0 atom stereocenters. The molecule has 166 valence electrons. The number of rotatable bonds is 7. The highest BCUT2D eigenvalue weighted by molar-refractivity contribution is 5.85. The van der Waals surface area contributed by atoms with Crippen LogP contribution in [0.15, 0.2) is 133 Å². The molecular formula is C31H27N3. The fourth-order valence-electron chi connectivity index (χ4n) is 4.16. The summed E-state index contributed by atoms with van der Waals surface area (Å²) in [5.41, 5.74) is 15.8. The molecule has 0 aliphatic rings. The van der Waals surface area contributed by atoms with Crippen molar-refractivity contribution in [1.82, 2.24) is 0 Å². The number of hydrogen-bond acceptors (Lipinski definition) is 3. The minimum absolute atomic E-state index is 0.983. The van der Waals surface area contributed by atoms with Gasteiger partial charge in [-0.25, -0.2) is 0 Å². The van der Waals surface area contributed by atoms with E-state index in [1.165, 1.54) is 16.7 Å². The van der Waals surface area contributed by atoms with Crippen molar-refractivity contribution >= 4 is 28.4 Å². The van der Waals surface area contributed by atoms with Crippen molar-refractivity contribution in [1.29, 1.82) is 0 Å².